The molecule has 0 spiro atoms. The highest BCUT2D eigenvalue weighted by molar-refractivity contribution is 5.94. The zero-order chi connectivity index (χ0) is 17.5. The highest BCUT2D eigenvalue weighted by atomic mass is 16.2. The van der Waals surface area contributed by atoms with E-state index >= 15 is 0 Å². The van der Waals surface area contributed by atoms with E-state index in [4.69, 9.17) is 0 Å². The largest absolute Gasteiger partial charge is 0.350 e. The number of anilines is 1. The minimum atomic E-state index is -0.347. The molecule has 0 saturated carbocycles. The lowest BCUT2D eigenvalue weighted by Gasteiger charge is -2.20. The van der Waals surface area contributed by atoms with Gasteiger partial charge in [-0.15, -0.1) is 0 Å². The molecule has 124 valence electrons. The van der Waals surface area contributed by atoms with Crippen molar-refractivity contribution in [3.8, 4) is 0 Å². The van der Waals surface area contributed by atoms with E-state index in [2.05, 4.69) is 16.0 Å². The second kappa shape index (κ2) is 8.12. The molecule has 0 heterocycles. The number of hydrogen-bond acceptors (Lipinski definition) is 3. The zero-order valence-electron chi connectivity index (χ0n) is 13.9. The Balaban J connectivity index is 2.46. The number of carbonyl (C=O) groups is 3. The Hall–Kier alpha value is -2.63. The summed E-state index contributed by atoms with van der Waals surface area (Å²) in [5.74, 6) is -0.722. The molecule has 0 atom stereocenters. The Labute approximate surface area is 136 Å². The van der Waals surface area contributed by atoms with Crippen molar-refractivity contribution in [3.63, 3.8) is 0 Å². The van der Waals surface area contributed by atoms with E-state index in [0.717, 1.165) is 5.56 Å². The number of hydrogen-bond donors (Lipinski definition) is 3. The standard InChI is InChI=1S/C17H23N3O3/c1-12(21)19-14-8-5-13(6-9-14)7-10-15(22)18-11-16(23)20-17(2,3)4/h5-10H,11H2,1-4H3,(H,18,22)(H,19,21)(H,20,23)/b10-7+. The van der Waals surface area contributed by atoms with Crippen molar-refractivity contribution in [1.29, 1.82) is 0 Å². The van der Waals surface area contributed by atoms with E-state index < -0.39 is 0 Å². The normalized spacial score (nSPS) is 11.1. The zero-order valence-corrected chi connectivity index (χ0v) is 13.9. The van der Waals surface area contributed by atoms with Crippen molar-refractivity contribution in [1.82, 2.24) is 10.6 Å². The van der Waals surface area contributed by atoms with Crippen LogP contribution in [0.5, 0.6) is 0 Å². The number of nitrogens with one attached hydrogen (secondary N) is 3. The maximum Gasteiger partial charge on any atom is 0.244 e. The van der Waals surface area contributed by atoms with Crippen LogP contribution in [-0.2, 0) is 14.4 Å². The Bertz CT molecular complexity index is 599. The second-order valence-corrected chi connectivity index (χ2v) is 6.15. The van der Waals surface area contributed by atoms with Gasteiger partial charge in [-0.25, -0.2) is 0 Å². The minimum Gasteiger partial charge on any atom is -0.350 e. The minimum absolute atomic E-state index is 0.0675. The highest BCUT2D eigenvalue weighted by Gasteiger charge is 2.13. The van der Waals surface area contributed by atoms with Crippen molar-refractivity contribution in [3.05, 3.63) is 35.9 Å². The Kier molecular flexibility index (Phi) is 6.50. The molecule has 0 aromatic heterocycles. The molecule has 3 N–H and O–H groups in total. The van der Waals surface area contributed by atoms with Crippen LogP contribution < -0.4 is 16.0 Å². The van der Waals surface area contributed by atoms with Crippen LogP contribution in [0.4, 0.5) is 5.69 Å². The van der Waals surface area contributed by atoms with Gasteiger partial charge in [0.05, 0.1) is 6.54 Å². The molecule has 0 aliphatic carbocycles. The maximum atomic E-state index is 11.7. The molecule has 1 rings (SSSR count). The van der Waals surface area contributed by atoms with E-state index in [9.17, 15) is 14.4 Å². The molecule has 0 aliphatic heterocycles. The molecule has 1 aromatic carbocycles. The maximum absolute atomic E-state index is 11.7. The molecule has 6 nitrogen and oxygen atoms in total. The summed E-state index contributed by atoms with van der Waals surface area (Å²) in [4.78, 5) is 34.2. The van der Waals surface area contributed by atoms with Gasteiger partial charge in [0.15, 0.2) is 0 Å². The summed E-state index contributed by atoms with van der Waals surface area (Å²) in [5.41, 5.74) is 1.18. The quantitative estimate of drug-likeness (QED) is 0.722. The summed E-state index contributed by atoms with van der Waals surface area (Å²) >= 11 is 0. The predicted octanol–water partition coefficient (Wildman–Crippen LogP) is 1.69. The van der Waals surface area contributed by atoms with Crippen molar-refractivity contribution < 1.29 is 14.4 Å². The molecule has 0 bridgehead atoms. The summed E-state index contributed by atoms with van der Waals surface area (Å²) in [6.07, 6.45) is 2.99. The number of rotatable bonds is 5. The summed E-state index contributed by atoms with van der Waals surface area (Å²) in [7, 11) is 0. The van der Waals surface area contributed by atoms with Gasteiger partial charge in [-0.3, -0.25) is 14.4 Å². The van der Waals surface area contributed by atoms with Crippen LogP contribution in [0.3, 0.4) is 0 Å². The van der Waals surface area contributed by atoms with Gasteiger partial charge in [-0.05, 0) is 44.5 Å². The summed E-state index contributed by atoms with van der Waals surface area (Å²) in [6, 6.07) is 7.05. The third-order valence-corrected chi connectivity index (χ3v) is 2.60. The first-order chi connectivity index (χ1) is 10.7. The van der Waals surface area contributed by atoms with Crippen LogP contribution in [0.2, 0.25) is 0 Å². The van der Waals surface area contributed by atoms with Crippen LogP contribution in [0.15, 0.2) is 30.3 Å². The smallest absolute Gasteiger partial charge is 0.244 e. The van der Waals surface area contributed by atoms with E-state index in [1.165, 1.54) is 13.0 Å². The topological polar surface area (TPSA) is 87.3 Å². The van der Waals surface area contributed by atoms with Crippen LogP contribution >= 0.6 is 0 Å². The molecule has 0 aliphatic rings. The molecule has 0 saturated heterocycles. The first kappa shape index (κ1) is 18.4. The van der Waals surface area contributed by atoms with Crippen LogP contribution in [0.25, 0.3) is 6.08 Å². The van der Waals surface area contributed by atoms with Gasteiger partial charge < -0.3 is 16.0 Å². The Morgan fingerprint density at radius 2 is 1.70 bits per heavy atom. The van der Waals surface area contributed by atoms with Gasteiger partial charge in [0.2, 0.25) is 17.7 Å². The summed E-state index contributed by atoms with van der Waals surface area (Å²) in [5, 5.41) is 7.94. The number of carbonyl (C=O) groups excluding carboxylic acids is 3. The fourth-order valence-corrected chi connectivity index (χ4v) is 1.74. The number of amides is 3. The van der Waals surface area contributed by atoms with Crippen molar-refractivity contribution in [2.75, 3.05) is 11.9 Å². The molecule has 1 aromatic rings. The molecular weight excluding hydrogens is 294 g/mol. The van der Waals surface area contributed by atoms with Gasteiger partial charge in [0, 0.05) is 24.2 Å². The Morgan fingerprint density at radius 3 is 2.22 bits per heavy atom. The van der Waals surface area contributed by atoms with Gasteiger partial charge >= 0.3 is 0 Å². The SMILES string of the molecule is CC(=O)Nc1ccc(/C=C/C(=O)NCC(=O)NC(C)(C)C)cc1. The molecule has 6 heteroatoms. The lowest BCUT2D eigenvalue weighted by atomic mass is 10.1. The Morgan fingerprint density at radius 1 is 1.09 bits per heavy atom. The number of benzene rings is 1. The first-order valence-corrected chi connectivity index (χ1v) is 7.30. The van der Waals surface area contributed by atoms with E-state index in [-0.39, 0.29) is 29.8 Å². The van der Waals surface area contributed by atoms with Crippen molar-refractivity contribution in [2.45, 2.75) is 33.2 Å². The summed E-state index contributed by atoms with van der Waals surface area (Å²) < 4.78 is 0. The molecule has 3 amide bonds. The molecule has 0 fully saturated rings. The first-order valence-electron chi connectivity index (χ1n) is 7.30. The van der Waals surface area contributed by atoms with E-state index in [1.54, 1.807) is 30.3 Å². The molecule has 0 unspecified atom stereocenters. The van der Waals surface area contributed by atoms with Crippen molar-refractivity contribution >= 4 is 29.5 Å². The molecule has 23 heavy (non-hydrogen) atoms. The highest BCUT2D eigenvalue weighted by Crippen LogP contribution is 2.10. The van der Waals surface area contributed by atoms with Gasteiger partial charge in [-0.1, -0.05) is 12.1 Å². The predicted molar refractivity (Wildman–Crippen MR) is 90.7 cm³/mol. The third kappa shape index (κ3) is 8.40. The fraction of sp³-hybridized carbons (Fsp3) is 0.353. The van der Waals surface area contributed by atoms with Crippen molar-refractivity contribution in [2.24, 2.45) is 0 Å². The molecular formula is C17H23N3O3. The van der Waals surface area contributed by atoms with E-state index in [0.29, 0.717) is 5.69 Å². The second-order valence-electron chi connectivity index (χ2n) is 6.15. The van der Waals surface area contributed by atoms with Crippen LogP contribution in [-0.4, -0.2) is 29.8 Å². The average molecular weight is 317 g/mol. The van der Waals surface area contributed by atoms with E-state index in [1.807, 2.05) is 20.8 Å². The summed E-state index contributed by atoms with van der Waals surface area (Å²) in [6.45, 7) is 6.99. The van der Waals surface area contributed by atoms with Gasteiger partial charge in [0.1, 0.15) is 0 Å². The molecule has 0 radical (unpaired) electrons. The van der Waals surface area contributed by atoms with Crippen LogP contribution in [0, 0.1) is 0 Å². The lowest BCUT2D eigenvalue weighted by Crippen LogP contribution is -2.45. The lowest BCUT2D eigenvalue weighted by molar-refractivity contribution is -0.124. The fourth-order valence-electron chi connectivity index (χ4n) is 1.74. The third-order valence-electron chi connectivity index (χ3n) is 2.60. The van der Waals surface area contributed by atoms with Gasteiger partial charge in [0.25, 0.3) is 0 Å². The average Bonchev–Trinajstić information content (AvgIpc) is 2.42. The van der Waals surface area contributed by atoms with Gasteiger partial charge in [-0.2, -0.15) is 0 Å². The van der Waals surface area contributed by atoms with Crippen LogP contribution in [0.1, 0.15) is 33.3 Å². The monoisotopic (exact) mass is 317 g/mol.